The molecule has 170 valence electrons. The van der Waals surface area contributed by atoms with E-state index < -0.39 is 16.8 Å². The Hall–Kier alpha value is -3.41. The first kappa shape index (κ1) is 22.8. The number of nitro groups is 1. The van der Waals surface area contributed by atoms with Crippen LogP contribution in [0.4, 0.5) is 5.69 Å². The number of aromatic nitrogens is 1. The lowest BCUT2D eigenvalue weighted by Crippen LogP contribution is -2.19. The third kappa shape index (κ3) is 4.70. The van der Waals surface area contributed by atoms with E-state index in [9.17, 15) is 19.7 Å². The summed E-state index contributed by atoms with van der Waals surface area (Å²) in [6.07, 6.45) is 0. The second-order valence-electron chi connectivity index (χ2n) is 6.91. The van der Waals surface area contributed by atoms with Crippen LogP contribution in [0.2, 0.25) is 0 Å². The summed E-state index contributed by atoms with van der Waals surface area (Å²) in [4.78, 5) is 40.6. The molecule has 2 heterocycles. The van der Waals surface area contributed by atoms with E-state index in [1.54, 1.807) is 30.3 Å². The van der Waals surface area contributed by atoms with Gasteiger partial charge < -0.3 is 14.0 Å². The SMILES string of the molecule is CCOCCn1c(=NC(=O)c2cc3cc([N+](=O)[O-])ccc3s2)sc2cc(C(=O)OC)ccc21. The normalized spacial score (nSPS) is 11.9. The number of benzene rings is 2. The van der Waals surface area contributed by atoms with Crippen LogP contribution in [0.3, 0.4) is 0 Å². The highest BCUT2D eigenvalue weighted by atomic mass is 32.1. The minimum atomic E-state index is -0.468. The molecular weight excluding hydrogens is 466 g/mol. The highest BCUT2D eigenvalue weighted by Crippen LogP contribution is 2.29. The molecular formula is C22H19N3O6S2. The van der Waals surface area contributed by atoms with E-state index in [1.165, 1.54) is 41.9 Å². The average molecular weight is 486 g/mol. The predicted molar refractivity (Wildman–Crippen MR) is 126 cm³/mol. The minimum Gasteiger partial charge on any atom is -0.465 e. The van der Waals surface area contributed by atoms with Crippen molar-refractivity contribution in [3.05, 3.63) is 67.8 Å². The molecule has 1 amide bonds. The smallest absolute Gasteiger partial charge is 0.337 e. The van der Waals surface area contributed by atoms with Crippen molar-refractivity contribution in [2.75, 3.05) is 20.3 Å². The molecule has 0 aliphatic heterocycles. The van der Waals surface area contributed by atoms with Crippen molar-refractivity contribution in [2.45, 2.75) is 13.5 Å². The fourth-order valence-electron chi connectivity index (χ4n) is 3.31. The Balaban J connectivity index is 1.77. The Kier molecular flexibility index (Phi) is 6.63. The van der Waals surface area contributed by atoms with E-state index in [4.69, 9.17) is 9.47 Å². The maximum atomic E-state index is 13.0. The molecule has 0 N–H and O–H groups in total. The number of thiophene rings is 1. The summed E-state index contributed by atoms with van der Waals surface area (Å²) in [5.74, 6) is -0.885. The summed E-state index contributed by atoms with van der Waals surface area (Å²) < 4.78 is 13.7. The largest absolute Gasteiger partial charge is 0.465 e. The third-order valence-corrected chi connectivity index (χ3v) is 7.03. The Morgan fingerprint density at radius 2 is 1.94 bits per heavy atom. The highest BCUT2D eigenvalue weighted by Gasteiger charge is 2.15. The molecule has 0 saturated heterocycles. The zero-order valence-electron chi connectivity index (χ0n) is 17.8. The van der Waals surface area contributed by atoms with Crippen LogP contribution in [0.25, 0.3) is 20.3 Å². The summed E-state index contributed by atoms with van der Waals surface area (Å²) in [5.41, 5.74) is 1.20. The first-order valence-electron chi connectivity index (χ1n) is 9.97. The number of thiazole rings is 1. The standard InChI is InChI=1S/C22H19N3O6S2/c1-3-31-9-8-24-16-6-4-13(21(27)30-2)11-18(16)33-22(24)23-20(26)19-12-14-10-15(25(28)29)5-7-17(14)32-19/h4-7,10-12H,3,8-9H2,1-2H3. The van der Waals surface area contributed by atoms with E-state index in [1.807, 2.05) is 11.5 Å². The van der Waals surface area contributed by atoms with Crippen molar-refractivity contribution in [1.82, 2.24) is 4.57 Å². The van der Waals surface area contributed by atoms with Gasteiger partial charge in [0.05, 0.1) is 39.3 Å². The molecule has 2 aromatic carbocycles. The number of non-ortho nitro benzene ring substituents is 1. The summed E-state index contributed by atoms with van der Waals surface area (Å²) in [5, 5.41) is 11.6. The number of esters is 1. The van der Waals surface area contributed by atoms with Crippen LogP contribution >= 0.6 is 22.7 Å². The predicted octanol–water partition coefficient (Wildman–Crippen LogP) is 4.39. The number of rotatable bonds is 7. The molecule has 0 radical (unpaired) electrons. The van der Waals surface area contributed by atoms with Crippen molar-refractivity contribution in [3.63, 3.8) is 0 Å². The zero-order chi connectivity index (χ0) is 23.5. The number of carbonyl (C=O) groups excluding carboxylic acids is 2. The van der Waals surface area contributed by atoms with Crippen LogP contribution in [-0.2, 0) is 16.0 Å². The van der Waals surface area contributed by atoms with Crippen molar-refractivity contribution in [1.29, 1.82) is 0 Å². The molecule has 0 fully saturated rings. The molecule has 0 spiro atoms. The van der Waals surface area contributed by atoms with Gasteiger partial charge in [0.15, 0.2) is 4.80 Å². The minimum absolute atomic E-state index is 0.0316. The van der Waals surface area contributed by atoms with Crippen LogP contribution < -0.4 is 4.80 Å². The number of carbonyl (C=O) groups is 2. The van der Waals surface area contributed by atoms with Crippen molar-refractivity contribution < 1.29 is 24.0 Å². The molecule has 0 aliphatic carbocycles. The second kappa shape index (κ2) is 9.61. The number of nitro benzene ring substituents is 1. The molecule has 4 aromatic rings. The Labute approximate surface area is 195 Å². The number of hydrogen-bond acceptors (Lipinski definition) is 8. The number of amides is 1. The first-order chi connectivity index (χ1) is 15.9. The van der Waals surface area contributed by atoms with E-state index in [-0.39, 0.29) is 5.69 Å². The fourth-order valence-corrected chi connectivity index (χ4v) is 5.33. The van der Waals surface area contributed by atoms with Gasteiger partial charge in [0.1, 0.15) is 0 Å². The van der Waals surface area contributed by atoms with Gasteiger partial charge in [-0.15, -0.1) is 11.3 Å². The summed E-state index contributed by atoms with van der Waals surface area (Å²) in [6, 6.07) is 11.3. The van der Waals surface area contributed by atoms with E-state index in [2.05, 4.69) is 4.99 Å². The Morgan fingerprint density at radius 1 is 1.12 bits per heavy atom. The van der Waals surface area contributed by atoms with E-state index in [0.717, 1.165) is 14.9 Å². The maximum Gasteiger partial charge on any atom is 0.337 e. The van der Waals surface area contributed by atoms with Gasteiger partial charge in [0.2, 0.25) is 0 Å². The van der Waals surface area contributed by atoms with E-state index in [0.29, 0.717) is 40.4 Å². The number of ether oxygens (including phenoxy) is 2. The van der Waals surface area contributed by atoms with Crippen LogP contribution in [0.1, 0.15) is 27.0 Å². The molecule has 2 aromatic heterocycles. The third-order valence-electron chi connectivity index (χ3n) is 4.89. The highest BCUT2D eigenvalue weighted by molar-refractivity contribution is 7.21. The monoisotopic (exact) mass is 485 g/mol. The Bertz CT molecular complexity index is 1450. The second-order valence-corrected chi connectivity index (χ2v) is 9.01. The molecule has 0 aliphatic rings. The summed E-state index contributed by atoms with van der Waals surface area (Å²) in [7, 11) is 1.32. The van der Waals surface area contributed by atoms with Gasteiger partial charge in [-0.05, 0) is 37.3 Å². The number of nitrogens with zero attached hydrogens (tertiary/aromatic N) is 3. The first-order valence-corrected chi connectivity index (χ1v) is 11.6. The lowest BCUT2D eigenvalue weighted by atomic mass is 10.2. The average Bonchev–Trinajstić information content (AvgIpc) is 3.39. The van der Waals surface area contributed by atoms with Crippen LogP contribution in [-0.4, -0.2) is 41.7 Å². The van der Waals surface area contributed by atoms with E-state index >= 15 is 0 Å². The van der Waals surface area contributed by atoms with Crippen molar-refractivity contribution >= 4 is 60.5 Å². The molecule has 0 bridgehead atoms. The lowest BCUT2D eigenvalue weighted by Gasteiger charge is -2.06. The molecule has 0 atom stereocenters. The summed E-state index contributed by atoms with van der Waals surface area (Å²) >= 11 is 2.52. The van der Waals surface area contributed by atoms with Crippen LogP contribution in [0.5, 0.6) is 0 Å². The molecule has 4 rings (SSSR count). The molecule has 9 nitrogen and oxygen atoms in total. The van der Waals surface area contributed by atoms with Crippen LogP contribution in [0.15, 0.2) is 47.5 Å². The summed E-state index contributed by atoms with van der Waals surface area (Å²) in [6.45, 7) is 3.39. The van der Waals surface area contributed by atoms with Gasteiger partial charge in [0.25, 0.3) is 11.6 Å². The van der Waals surface area contributed by atoms with Gasteiger partial charge in [-0.3, -0.25) is 14.9 Å². The van der Waals surface area contributed by atoms with Gasteiger partial charge in [-0.25, -0.2) is 4.79 Å². The van der Waals surface area contributed by atoms with Gasteiger partial charge in [-0.2, -0.15) is 4.99 Å². The lowest BCUT2D eigenvalue weighted by molar-refractivity contribution is -0.384. The molecule has 11 heteroatoms. The molecule has 0 saturated carbocycles. The Morgan fingerprint density at radius 3 is 2.67 bits per heavy atom. The number of hydrogen-bond donors (Lipinski definition) is 0. The maximum absolute atomic E-state index is 13.0. The molecule has 33 heavy (non-hydrogen) atoms. The quantitative estimate of drug-likeness (QED) is 0.166. The molecule has 0 unspecified atom stereocenters. The van der Waals surface area contributed by atoms with Gasteiger partial charge in [-0.1, -0.05) is 11.3 Å². The fraction of sp³-hybridized carbons (Fsp3) is 0.227. The van der Waals surface area contributed by atoms with Gasteiger partial charge in [0, 0.05) is 35.4 Å². The van der Waals surface area contributed by atoms with Crippen molar-refractivity contribution in [2.24, 2.45) is 4.99 Å². The van der Waals surface area contributed by atoms with Crippen molar-refractivity contribution in [3.8, 4) is 0 Å². The zero-order valence-corrected chi connectivity index (χ0v) is 19.4. The van der Waals surface area contributed by atoms with Crippen LogP contribution in [0, 0.1) is 10.1 Å². The number of fused-ring (bicyclic) bond motifs is 2. The number of methoxy groups -OCH3 is 1. The topological polar surface area (TPSA) is 113 Å². The van der Waals surface area contributed by atoms with Gasteiger partial charge >= 0.3 is 5.97 Å².